The van der Waals surface area contributed by atoms with Gasteiger partial charge in [0.2, 0.25) is 0 Å². The molecular formula is C20H18BrNO3P+. The van der Waals surface area contributed by atoms with Crippen molar-refractivity contribution in [1.82, 2.24) is 4.57 Å². The summed E-state index contributed by atoms with van der Waals surface area (Å²) in [5, 5.41) is 5.00. The Hall–Kier alpha value is -1.78. The monoisotopic (exact) mass is 430 g/mol. The fourth-order valence-corrected chi connectivity index (χ4v) is 4.24. The van der Waals surface area contributed by atoms with Crippen molar-refractivity contribution in [3.05, 3.63) is 59.1 Å². The summed E-state index contributed by atoms with van der Waals surface area (Å²) in [4.78, 5) is 8.72. The van der Waals surface area contributed by atoms with E-state index >= 15 is 0 Å². The van der Waals surface area contributed by atoms with E-state index in [-0.39, 0.29) is 0 Å². The van der Waals surface area contributed by atoms with Crippen molar-refractivity contribution >= 4 is 56.8 Å². The second-order valence-electron chi connectivity index (χ2n) is 6.27. The third-order valence-corrected chi connectivity index (χ3v) is 5.59. The first-order chi connectivity index (χ1) is 12.6. The normalized spacial score (nSPS) is 12.3. The zero-order valence-corrected chi connectivity index (χ0v) is 16.5. The van der Waals surface area contributed by atoms with E-state index in [4.69, 9.17) is 9.42 Å². The van der Waals surface area contributed by atoms with Crippen molar-refractivity contribution in [3.8, 4) is 0 Å². The lowest BCUT2D eigenvalue weighted by atomic mass is 10.0. The molecule has 0 fully saturated rings. The number of aryl methyl sites for hydroxylation is 1. The average molecular weight is 431 g/mol. The number of rotatable bonds is 6. The molecule has 132 valence electrons. The molecule has 0 aliphatic rings. The largest absolute Gasteiger partial charge is 0.694 e. The Bertz CT molecular complexity index is 1120. The highest BCUT2D eigenvalue weighted by Gasteiger charge is 2.14. The van der Waals surface area contributed by atoms with E-state index in [0.29, 0.717) is 6.61 Å². The Morgan fingerprint density at radius 1 is 1.00 bits per heavy atom. The van der Waals surface area contributed by atoms with Crippen molar-refractivity contribution in [1.29, 1.82) is 0 Å². The molecule has 1 heterocycles. The highest BCUT2D eigenvalue weighted by atomic mass is 79.9. The van der Waals surface area contributed by atoms with Crippen LogP contribution in [0.3, 0.4) is 0 Å². The molecule has 0 amide bonds. The SMILES string of the molecule is O=[P+](O)OCCCCn1c2ccc(Br)cc2c2c3ccccc3ccc21. The van der Waals surface area contributed by atoms with E-state index in [9.17, 15) is 4.57 Å². The third-order valence-electron chi connectivity index (χ3n) is 4.69. The van der Waals surface area contributed by atoms with Crippen LogP contribution >= 0.6 is 24.2 Å². The van der Waals surface area contributed by atoms with Gasteiger partial charge in [0.25, 0.3) is 0 Å². The van der Waals surface area contributed by atoms with Crippen LogP contribution in [0.15, 0.2) is 59.1 Å². The minimum atomic E-state index is -2.50. The Morgan fingerprint density at radius 2 is 1.81 bits per heavy atom. The van der Waals surface area contributed by atoms with Crippen molar-refractivity contribution in [2.24, 2.45) is 0 Å². The van der Waals surface area contributed by atoms with Crippen molar-refractivity contribution in [2.45, 2.75) is 19.4 Å². The summed E-state index contributed by atoms with van der Waals surface area (Å²) in [6.07, 6.45) is 1.62. The van der Waals surface area contributed by atoms with E-state index in [1.807, 2.05) is 0 Å². The Kier molecular flexibility index (Phi) is 5.05. The molecule has 1 unspecified atom stereocenters. The molecule has 0 aliphatic carbocycles. The molecule has 26 heavy (non-hydrogen) atoms. The molecule has 1 atom stereocenters. The minimum Gasteiger partial charge on any atom is -0.340 e. The molecule has 0 bridgehead atoms. The predicted molar refractivity (Wildman–Crippen MR) is 110 cm³/mol. The fraction of sp³-hybridized carbons (Fsp3) is 0.200. The van der Waals surface area contributed by atoms with Crippen molar-refractivity contribution < 1.29 is 14.0 Å². The van der Waals surface area contributed by atoms with Crippen LogP contribution in [-0.2, 0) is 15.6 Å². The maximum absolute atomic E-state index is 10.6. The van der Waals surface area contributed by atoms with Crippen LogP contribution in [0, 0.1) is 0 Å². The zero-order valence-electron chi connectivity index (χ0n) is 14.1. The lowest BCUT2D eigenvalue weighted by Gasteiger charge is -2.07. The highest BCUT2D eigenvalue weighted by molar-refractivity contribution is 9.10. The summed E-state index contributed by atoms with van der Waals surface area (Å²) >= 11 is 3.60. The van der Waals surface area contributed by atoms with Gasteiger partial charge in [-0.15, -0.1) is 9.42 Å². The van der Waals surface area contributed by atoms with Gasteiger partial charge in [-0.3, -0.25) is 0 Å². The summed E-state index contributed by atoms with van der Waals surface area (Å²) in [7, 11) is -2.50. The van der Waals surface area contributed by atoms with Crippen LogP contribution in [0.5, 0.6) is 0 Å². The van der Waals surface area contributed by atoms with E-state index < -0.39 is 8.25 Å². The van der Waals surface area contributed by atoms with Gasteiger partial charge in [0.05, 0.1) is 0 Å². The Labute approximate surface area is 160 Å². The standard InChI is InChI=1S/C20H17BrNO3P/c21-15-8-10-18-17(13-15)20-16-6-2-1-5-14(16)7-9-19(20)22(18)11-3-4-12-25-26(23)24/h1-2,5-10,13H,3-4,11-12H2/p+1. The molecule has 0 saturated heterocycles. The number of aromatic nitrogens is 1. The number of fused-ring (bicyclic) bond motifs is 5. The summed E-state index contributed by atoms with van der Waals surface area (Å²) in [6.45, 7) is 1.14. The number of benzene rings is 3. The van der Waals surface area contributed by atoms with Gasteiger partial charge < -0.3 is 4.57 Å². The van der Waals surface area contributed by atoms with Gasteiger partial charge in [0.1, 0.15) is 6.61 Å². The van der Waals surface area contributed by atoms with Crippen LogP contribution in [-0.4, -0.2) is 16.1 Å². The van der Waals surface area contributed by atoms with Gasteiger partial charge >= 0.3 is 8.25 Å². The van der Waals surface area contributed by atoms with Gasteiger partial charge in [-0.1, -0.05) is 46.3 Å². The summed E-state index contributed by atoms with van der Waals surface area (Å²) in [5.41, 5.74) is 2.42. The number of hydrogen-bond acceptors (Lipinski definition) is 2. The van der Waals surface area contributed by atoms with E-state index in [1.165, 1.54) is 32.6 Å². The van der Waals surface area contributed by atoms with Gasteiger partial charge in [0.15, 0.2) is 0 Å². The Morgan fingerprint density at radius 3 is 2.65 bits per heavy atom. The quantitative estimate of drug-likeness (QED) is 0.294. The molecule has 0 spiro atoms. The molecule has 1 N–H and O–H groups in total. The van der Waals surface area contributed by atoms with E-state index in [2.05, 4.69) is 75.1 Å². The first-order valence-electron chi connectivity index (χ1n) is 8.53. The maximum atomic E-state index is 10.6. The summed E-state index contributed by atoms with van der Waals surface area (Å²) in [5.74, 6) is 0. The number of hydrogen-bond donors (Lipinski definition) is 1. The predicted octanol–water partition coefficient (Wildman–Crippen LogP) is 6.16. The molecule has 0 radical (unpaired) electrons. The smallest absolute Gasteiger partial charge is 0.340 e. The third kappa shape index (κ3) is 3.28. The first-order valence-corrected chi connectivity index (χ1v) is 10.5. The van der Waals surface area contributed by atoms with Gasteiger partial charge in [-0.2, -0.15) is 0 Å². The van der Waals surface area contributed by atoms with Gasteiger partial charge in [-0.05, 0) is 47.9 Å². The van der Waals surface area contributed by atoms with Gasteiger partial charge in [-0.25, -0.2) is 0 Å². The topological polar surface area (TPSA) is 51.5 Å². The van der Waals surface area contributed by atoms with Crippen LogP contribution in [0.25, 0.3) is 32.6 Å². The summed E-state index contributed by atoms with van der Waals surface area (Å²) in [6, 6.07) is 19.2. The second kappa shape index (κ2) is 7.45. The van der Waals surface area contributed by atoms with Crippen molar-refractivity contribution in [2.75, 3.05) is 6.61 Å². The fourth-order valence-electron chi connectivity index (χ4n) is 3.60. The molecule has 0 saturated carbocycles. The molecule has 4 aromatic rings. The molecule has 3 aromatic carbocycles. The van der Waals surface area contributed by atoms with Crippen LogP contribution in [0.4, 0.5) is 0 Å². The second-order valence-corrected chi connectivity index (χ2v) is 7.92. The molecule has 4 rings (SSSR count). The summed E-state index contributed by atoms with van der Waals surface area (Å²) < 4.78 is 18.8. The molecule has 4 nitrogen and oxygen atoms in total. The number of nitrogens with zero attached hydrogens (tertiary/aromatic N) is 1. The van der Waals surface area contributed by atoms with Crippen molar-refractivity contribution in [3.63, 3.8) is 0 Å². The number of unbranched alkanes of at least 4 members (excludes halogenated alkanes) is 1. The molecule has 1 aromatic heterocycles. The lowest BCUT2D eigenvalue weighted by Crippen LogP contribution is -1.99. The first kappa shape index (κ1) is 17.6. The highest BCUT2D eigenvalue weighted by Crippen LogP contribution is 2.36. The molecular weight excluding hydrogens is 413 g/mol. The van der Waals surface area contributed by atoms with E-state index in [0.717, 1.165) is 23.9 Å². The van der Waals surface area contributed by atoms with Crippen LogP contribution in [0.2, 0.25) is 0 Å². The molecule has 0 aliphatic heterocycles. The molecule has 6 heteroatoms. The zero-order chi connectivity index (χ0) is 18.1. The average Bonchev–Trinajstić information content (AvgIpc) is 2.94. The number of halogens is 1. The lowest BCUT2D eigenvalue weighted by molar-refractivity contribution is 0.273. The van der Waals surface area contributed by atoms with E-state index in [1.54, 1.807) is 0 Å². The van der Waals surface area contributed by atoms with Crippen LogP contribution < -0.4 is 0 Å². The van der Waals surface area contributed by atoms with Gasteiger partial charge in [0, 0.05) is 37.4 Å². The minimum absolute atomic E-state index is 0.303. The van der Waals surface area contributed by atoms with Crippen LogP contribution in [0.1, 0.15) is 12.8 Å². The maximum Gasteiger partial charge on any atom is 0.694 e. The Balaban J connectivity index is 1.80.